The first-order valence-electron chi connectivity index (χ1n) is 3.02. The van der Waals surface area contributed by atoms with Crippen LogP contribution in [0.5, 0.6) is 0 Å². The summed E-state index contributed by atoms with van der Waals surface area (Å²) in [7, 11) is 0. The Kier molecular flexibility index (Phi) is 2.88. The van der Waals surface area contributed by atoms with Gasteiger partial charge in [-0.05, 0) is 6.92 Å². The molecule has 0 unspecified atom stereocenters. The van der Waals surface area contributed by atoms with Gasteiger partial charge in [-0.2, -0.15) is 30.7 Å². The second-order valence-corrected chi connectivity index (χ2v) is 2.48. The summed E-state index contributed by atoms with van der Waals surface area (Å²) in [4.78, 5) is 0. The fraction of sp³-hybridized carbons (Fsp3) is 1.00. The second-order valence-electron chi connectivity index (χ2n) is 2.48. The minimum Gasteiger partial charge on any atom is -0.323 e. The van der Waals surface area contributed by atoms with Gasteiger partial charge in [0.05, 0.1) is 6.04 Å². The van der Waals surface area contributed by atoms with Gasteiger partial charge in [-0.15, -0.1) is 0 Å². The lowest BCUT2D eigenvalue weighted by Crippen LogP contribution is -2.59. The molecule has 0 aliphatic rings. The Balaban J connectivity index is 5.04. The lowest BCUT2D eigenvalue weighted by atomic mass is 10.1. The van der Waals surface area contributed by atoms with Crippen molar-refractivity contribution in [1.29, 1.82) is 0 Å². The Morgan fingerprint density at radius 2 is 1.23 bits per heavy atom. The van der Waals surface area contributed by atoms with Crippen molar-refractivity contribution < 1.29 is 30.7 Å². The van der Waals surface area contributed by atoms with Crippen LogP contribution < -0.4 is 5.73 Å². The van der Waals surface area contributed by atoms with Gasteiger partial charge in [-0.3, -0.25) is 0 Å². The van der Waals surface area contributed by atoms with Gasteiger partial charge in [0.1, 0.15) is 0 Å². The molecule has 0 heterocycles. The van der Waals surface area contributed by atoms with Crippen molar-refractivity contribution in [2.75, 3.05) is 0 Å². The van der Waals surface area contributed by atoms with E-state index in [-0.39, 0.29) is 0 Å². The van der Waals surface area contributed by atoms with Gasteiger partial charge in [-0.1, -0.05) is 0 Å². The van der Waals surface area contributed by atoms with Gasteiger partial charge >= 0.3 is 18.0 Å². The lowest BCUT2D eigenvalue weighted by molar-refractivity contribution is -0.357. The summed E-state index contributed by atoms with van der Waals surface area (Å²) in [5.74, 6) is -11.4. The summed E-state index contributed by atoms with van der Waals surface area (Å²) >= 11 is 0. The van der Waals surface area contributed by atoms with Gasteiger partial charge in [0, 0.05) is 0 Å². The Morgan fingerprint density at radius 1 is 0.923 bits per heavy atom. The summed E-state index contributed by atoms with van der Waals surface area (Å²) in [6, 6.07) is -2.58. The molecule has 0 bridgehead atoms. The number of rotatable bonds is 2. The lowest BCUT2D eigenvalue weighted by Gasteiger charge is -2.30. The maximum Gasteiger partial charge on any atom is 0.459 e. The zero-order chi connectivity index (χ0) is 11.1. The van der Waals surface area contributed by atoms with Crippen molar-refractivity contribution in [3.63, 3.8) is 0 Å². The number of hydrogen-bond donors (Lipinski definition) is 1. The average Bonchev–Trinajstić information content (AvgIpc) is 1.84. The molecule has 0 aromatic rings. The normalized spacial score (nSPS) is 17.3. The molecular formula is C5H6F7N. The van der Waals surface area contributed by atoms with E-state index in [1.165, 1.54) is 0 Å². The molecular weight excluding hydrogens is 207 g/mol. The molecule has 0 aliphatic heterocycles. The Bertz CT molecular complexity index is 182. The van der Waals surface area contributed by atoms with E-state index in [4.69, 9.17) is 0 Å². The third kappa shape index (κ3) is 1.87. The van der Waals surface area contributed by atoms with Crippen LogP contribution >= 0.6 is 0 Å². The van der Waals surface area contributed by atoms with E-state index in [0.717, 1.165) is 0 Å². The van der Waals surface area contributed by atoms with Gasteiger partial charge in [-0.25, -0.2) is 0 Å². The van der Waals surface area contributed by atoms with Crippen molar-refractivity contribution in [2.45, 2.75) is 31.0 Å². The van der Waals surface area contributed by atoms with Crippen LogP contribution in [0.3, 0.4) is 0 Å². The summed E-state index contributed by atoms with van der Waals surface area (Å²) in [5.41, 5.74) is 4.32. The SMILES string of the molecule is C[C@@H](N)C(F)(F)C(F)(F)C(F)(F)F. The predicted molar refractivity (Wildman–Crippen MR) is 29.6 cm³/mol. The molecule has 80 valence electrons. The highest BCUT2D eigenvalue weighted by molar-refractivity contribution is 4.95. The fourth-order valence-electron chi connectivity index (χ4n) is 0.475. The van der Waals surface area contributed by atoms with Crippen molar-refractivity contribution >= 4 is 0 Å². The van der Waals surface area contributed by atoms with E-state index in [1.54, 1.807) is 0 Å². The van der Waals surface area contributed by atoms with E-state index in [2.05, 4.69) is 5.73 Å². The molecule has 2 N–H and O–H groups in total. The molecule has 1 atom stereocenters. The van der Waals surface area contributed by atoms with Gasteiger partial charge in [0.25, 0.3) is 0 Å². The van der Waals surface area contributed by atoms with Crippen molar-refractivity contribution in [1.82, 2.24) is 0 Å². The molecule has 0 fully saturated rings. The molecule has 0 saturated heterocycles. The largest absolute Gasteiger partial charge is 0.459 e. The smallest absolute Gasteiger partial charge is 0.323 e. The van der Waals surface area contributed by atoms with Crippen LogP contribution in [0.25, 0.3) is 0 Å². The highest BCUT2D eigenvalue weighted by Gasteiger charge is 2.74. The molecule has 0 spiro atoms. The van der Waals surface area contributed by atoms with Crippen molar-refractivity contribution in [3.8, 4) is 0 Å². The van der Waals surface area contributed by atoms with E-state index >= 15 is 0 Å². The van der Waals surface area contributed by atoms with Crippen LogP contribution in [0, 0.1) is 0 Å². The topological polar surface area (TPSA) is 26.0 Å². The summed E-state index contributed by atoms with van der Waals surface area (Å²) in [6.07, 6.45) is -6.30. The molecule has 1 nitrogen and oxygen atoms in total. The van der Waals surface area contributed by atoms with E-state index < -0.39 is 24.1 Å². The van der Waals surface area contributed by atoms with Gasteiger partial charge < -0.3 is 5.73 Å². The molecule has 0 aliphatic carbocycles. The van der Waals surface area contributed by atoms with Crippen molar-refractivity contribution in [3.05, 3.63) is 0 Å². The molecule has 8 heteroatoms. The van der Waals surface area contributed by atoms with E-state index in [0.29, 0.717) is 6.92 Å². The number of nitrogens with two attached hydrogens (primary N) is 1. The predicted octanol–water partition coefficient (Wildman–Crippen LogP) is 2.17. The third-order valence-corrected chi connectivity index (χ3v) is 1.35. The van der Waals surface area contributed by atoms with Gasteiger partial charge in [0.2, 0.25) is 0 Å². The molecule has 0 amide bonds. The average molecular weight is 213 g/mol. The minimum atomic E-state index is -6.30. The monoisotopic (exact) mass is 213 g/mol. The van der Waals surface area contributed by atoms with Crippen molar-refractivity contribution in [2.24, 2.45) is 5.73 Å². The third-order valence-electron chi connectivity index (χ3n) is 1.35. The van der Waals surface area contributed by atoms with Crippen LogP contribution in [-0.4, -0.2) is 24.1 Å². The number of halogens is 7. The van der Waals surface area contributed by atoms with Crippen LogP contribution in [-0.2, 0) is 0 Å². The van der Waals surface area contributed by atoms with Crippen LogP contribution in [0.1, 0.15) is 6.92 Å². The zero-order valence-corrected chi connectivity index (χ0v) is 6.30. The van der Waals surface area contributed by atoms with Crippen LogP contribution in [0.4, 0.5) is 30.7 Å². The maximum absolute atomic E-state index is 12.2. The first-order chi connectivity index (χ1) is 5.44. The summed E-state index contributed by atoms with van der Waals surface area (Å²) < 4.78 is 82.7. The maximum atomic E-state index is 12.2. The molecule has 0 aromatic heterocycles. The van der Waals surface area contributed by atoms with Crippen LogP contribution in [0.15, 0.2) is 0 Å². The van der Waals surface area contributed by atoms with Crippen LogP contribution in [0.2, 0.25) is 0 Å². The molecule has 0 radical (unpaired) electrons. The molecule has 0 saturated carbocycles. The first kappa shape index (κ1) is 12.5. The highest BCUT2D eigenvalue weighted by Crippen LogP contribution is 2.47. The number of hydrogen-bond acceptors (Lipinski definition) is 1. The summed E-state index contributed by atoms with van der Waals surface area (Å²) in [5, 5.41) is 0. The second kappa shape index (κ2) is 3.00. The quantitative estimate of drug-likeness (QED) is 0.699. The standard InChI is InChI=1S/C5H6F7N/c1-2(13)3(6,7)4(8,9)5(10,11)12/h2H,13H2,1H3/t2-/m1/s1. The Hall–Kier alpha value is -0.530. The molecule has 0 rings (SSSR count). The Labute approximate surface area is 68.7 Å². The first-order valence-corrected chi connectivity index (χ1v) is 3.02. The minimum absolute atomic E-state index is 0.375. The van der Waals surface area contributed by atoms with E-state index in [9.17, 15) is 30.7 Å². The zero-order valence-electron chi connectivity index (χ0n) is 6.30. The van der Waals surface area contributed by atoms with Gasteiger partial charge in [0.15, 0.2) is 0 Å². The summed E-state index contributed by atoms with van der Waals surface area (Å²) in [6.45, 7) is 0.375. The molecule has 13 heavy (non-hydrogen) atoms. The molecule has 0 aromatic carbocycles. The Morgan fingerprint density at radius 3 is 1.31 bits per heavy atom. The highest BCUT2D eigenvalue weighted by atomic mass is 19.4. The number of alkyl halides is 7. The van der Waals surface area contributed by atoms with E-state index in [1.807, 2.05) is 0 Å². The fourth-order valence-corrected chi connectivity index (χ4v) is 0.475.